The molecule has 2 N–H and O–H groups in total. The summed E-state index contributed by atoms with van der Waals surface area (Å²) in [6.45, 7) is 18.4. The second kappa shape index (κ2) is 12.6. The van der Waals surface area contributed by atoms with Crippen molar-refractivity contribution in [1.82, 2.24) is 15.5 Å². The Balaban J connectivity index is 3.56. The van der Waals surface area contributed by atoms with Crippen LogP contribution in [0, 0.1) is 17.8 Å². The summed E-state index contributed by atoms with van der Waals surface area (Å²) >= 11 is 0. The second-order valence-electron chi connectivity index (χ2n) is 6.96. The smallest absolute Gasteiger partial charge is 0.000444 e. The summed E-state index contributed by atoms with van der Waals surface area (Å²) in [4.78, 5) is 2.50. The zero-order valence-electron chi connectivity index (χ0n) is 14.8. The zero-order chi connectivity index (χ0) is 15.4. The summed E-state index contributed by atoms with van der Waals surface area (Å²) in [6, 6.07) is 0. The Morgan fingerprint density at radius 1 is 0.900 bits per heavy atom. The van der Waals surface area contributed by atoms with Crippen molar-refractivity contribution in [3.63, 3.8) is 0 Å². The standard InChI is InChI=1S/C17H39N3/c1-7-18-13-16(4)9-11-20(6)14-17(5)8-10-19-12-15(2)3/h15-19H,7-14H2,1-6H3. The van der Waals surface area contributed by atoms with E-state index in [0.717, 1.165) is 43.9 Å². The largest absolute Gasteiger partial charge is 0.317 e. The molecule has 122 valence electrons. The molecule has 3 nitrogen and oxygen atoms in total. The molecule has 20 heavy (non-hydrogen) atoms. The van der Waals surface area contributed by atoms with Gasteiger partial charge in [0.1, 0.15) is 0 Å². The number of hydrogen-bond donors (Lipinski definition) is 2. The van der Waals surface area contributed by atoms with Crippen molar-refractivity contribution in [2.75, 3.05) is 46.3 Å². The normalized spacial score (nSPS) is 15.0. The fourth-order valence-corrected chi connectivity index (χ4v) is 2.39. The van der Waals surface area contributed by atoms with Crippen LogP contribution in [0.4, 0.5) is 0 Å². The van der Waals surface area contributed by atoms with Gasteiger partial charge in [-0.25, -0.2) is 0 Å². The third kappa shape index (κ3) is 12.9. The molecule has 0 bridgehead atoms. The van der Waals surface area contributed by atoms with E-state index in [4.69, 9.17) is 0 Å². The highest BCUT2D eigenvalue weighted by Gasteiger charge is 2.08. The topological polar surface area (TPSA) is 27.3 Å². The predicted octanol–water partition coefficient (Wildman–Crippen LogP) is 2.83. The van der Waals surface area contributed by atoms with Crippen molar-refractivity contribution in [2.24, 2.45) is 17.8 Å². The van der Waals surface area contributed by atoms with Crippen molar-refractivity contribution >= 4 is 0 Å². The molecule has 0 saturated carbocycles. The number of nitrogens with zero attached hydrogens (tertiary/aromatic N) is 1. The van der Waals surface area contributed by atoms with E-state index in [-0.39, 0.29) is 0 Å². The highest BCUT2D eigenvalue weighted by atomic mass is 15.1. The maximum Gasteiger partial charge on any atom is 0.000444 e. The molecule has 0 aromatic rings. The monoisotopic (exact) mass is 285 g/mol. The molecule has 3 heteroatoms. The van der Waals surface area contributed by atoms with Crippen LogP contribution in [0.2, 0.25) is 0 Å². The molecular weight excluding hydrogens is 246 g/mol. The summed E-state index contributed by atoms with van der Waals surface area (Å²) in [7, 11) is 2.26. The lowest BCUT2D eigenvalue weighted by Crippen LogP contribution is -2.30. The van der Waals surface area contributed by atoms with Gasteiger partial charge in [-0.1, -0.05) is 34.6 Å². The van der Waals surface area contributed by atoms with Crippen molar-refractivity contribution in [2.45, 2.75) is 47.5 Å². The first-order valence-corrected chi connectivity index (χ1v) is 8.55. The number of nitrogens with one attached hydrogen (secondary N) is 2. The minimum atomic E-state index is 0.756. The lowest BCUT2D eigenvalue weighted by atomic mass is 10.1. The van der Waals surface area contributed by atoms with E-state index in [1.165, 1.54) is 25.9 Å². The molecule has 0 heterocycles. The van der Waals surface area contributed by atoms with Crippen LogP contribution >= 0.6 is 0 Å². The van der Waals surface area contributed by atoms with Gasteiger partial charge in [0.25, 0.3) is 0 Å². The van der Waals surface area contributed by atoms with Gasteiger partial charge >= 0.3 is 0 Å². The van der Waals surface area contributed by atoms with Crippen molar-refractivity contribution < 1.29 is 0 Å². The predicted molar refractivity (Wildman–Crippen MR) is 91.3 cm³/mol. The molecule has 0 aromatic carbocycles. The van der Waals surface area contributed by atoms with Crippen LogP contribution in [0.1, 0.15) is 47.5 Å². The van der Waals surface area contributed by atoms with E-state index in [1.54, 1.807) is 0 Å². The lowest BCUT2D eigenvalue weighted by molar-refractivity contribution is 0.258. The molecule has 0 aliphatic rings. The Bertz CT molecular complexity index is 206. The van der Waals surface area contributed by atoms with Gasteiger partial charge in [0.05, 0.1) is 0 Å². The Labute approximate surface area is 127 Å². The number of rotatable bonds is 13. The van der Waals surface area contributed by atoms with Gasteiger partial charge in [0.15, 0.2) is 0 Å². The van der Waals surface area contributed by atoms with E-state index in [1.807, 2.05) is 0 Å². The van der Waals surface area contributed by atoms with Gasteiger partial charge in [0.2, 0.25) is 0 Å². The maximum atomic E-state index is 3.54. The van der Waals surface area contributed by atoms with E-state index in [9.17, 15) is 0 Å². The third-order valence-corrected chi connectivity index (χ3v) is 3.74. The van der Waals surface area contributed by atoms with E-state index in [2.05, 4.69) is 57.2 Å². The number of hydrogen-bond acceptors (Lipinski definition) is 3. The van der Waals surface area contributed by atoms with Crippen LogP contribution in [0.5, 0.6) is 0 Å². The Morgan fingerprint density at radius 2 is 1.60 bits per heavy atom. The van der Waals surface area contributed by atoms with Gasteiger partial charge < -0.3 is 15.5 Å². The molecule has 0 amide bonds. The fourth-order valence-electron chi connectivity index (χ4n) is 2.39. The van der Waals surface area contributed by atoms with Gasteiger partial charge in [-0.05, 0) is 70.4 Å². The van der Waals surface area contributed by atoms with Gasteiger partial charge in [-0.3, -0.25) is 0 Å². The summed E-state index contributed by atoms with van der Waals surface area (Å²) in [6.07, 6.45) is 2.58. The molecule has 2 unspecified atom stereocenters. The van der Waals surface area contributed by atoms with Crippen LogP contribution < -0.4 is 10.6 Å². The van der Waals surface area contributed by atoms with Gasteiger partial charge in [-0.15, -0.1) is 0 Å². The lowest BCUT2D eigenvalue weighted by Gasteiger charge is -2.23. The van der Waals surface area contributed by atoms with Crippen molar-refractivity contribution in [3.8, 4) is 0 Å². The van der Waals surface area contributed by atoms with Gasteiger partial charge in [0, 0.05) is 6.54 Å². The van der Waals surface area contributed by atoms with Crippen LogP contribution in [-0.4, -0.2) is 51.2 Å². The fraction of sp³-hybridized carbons (Fsp3) is 1.00. The van der Waals surface area contributed by atoms with Crippen LogP contribution in [0.25, 0.3) is 0 Å². The molecule has 0 aliphatic carbocycles. The average molecular weight is 286 g/mol. The first-order chi connectivity index (χ1) is 9.45. The van der Waals surface area contributed by atoms with E-state index in [0.29, 0.717) is 0 Å². The summed E-state index contributed by atoms with van der Waals surface area (Å²) in [5.41, 5.74) is 0. The van der Waals surface area contributed by atoms with Crippen molar-refractivity contribution in [3.05, 3.63) is 0 Å². The first kappa shape index (κ1) is 19.9. The minimum Gasteiger partial charge on any atom is -0.317 e. The van der Waals surface area contributed by atoms with Crippen LogP contribution in [0.3, 0.4) is 0 Å². The van der Waals surface area contributed by atoms with E-state index >= 15 is 0 Å². The zero-order valence-corrected chi connectivity index (χ0v) is 14.8. The van der Waals surface area contributed by atoms with Gasteiger partial charge in [-0.2, -0.15) is 0 Å². The maximum absolute atomic E-state index is 3.54. The Kier molecular flexibility index (Phi) is 12.5. The molecule has 0 rings (SSSR count). The molecule has 0 radical (unpaired) electrons. The molecule has 0 saturated heterocycles. The molecule has 0 aliphatic heterocycles. The molecule has 0 aromatic heterocycles. The summed E-state index contributed by atoms with van der Waals surface area (Å²) in [5.74, 6) is 2.32. The molecule has 2 atom stereocenters. The summed E-state index contributed by atoms with van der Waals surface area (Å²) in [5, 5.41) is 6.96. The van der Waals surface area contributed by atoms with Crippen molar-refractivity contribution in [1.29, 1.82) is 0 Å². The highest BCUT2D eigenvalue weighted by molar-refractivity contribution is 4.64. The first-order valence-electron chi connectivity index (χ1n) is 8.55. The van der Waals surface area contributed by atoms with Crippen LogP contribution in [0.15, 0.2) is 0 Å². The Morgan fingerprint density at radius 3 is 2.20 bits per heavy atom. The highest BCUT2D eigenvalue weighted by Crippen LogP contribution is 2.06. The summed E-state index contributed by atoms with van der Waals surface area (Å²) < 4.78 is 0. The van der Waals surface area contributed by atoms with E-state index < -0.39 is 0 Å². The minimum absolute atomic E-state index is 0.756. The van der Waals surface area contributed by atoms with Crippen LogP contribution in [-0.2, 0) is 0 Å². The second-order valence-corrected chi connectivity index (χ2v) is 6.96. The SMILES string of the molecule is CCNCC(C)CCN(C)CC(C)CCNCC(C)C. The quantitative estimate of drug-likeness (QED) is 0.510. The average Bonchev–Trinajstić information content (AvgIpc) is 2.38. The molecule has 0 fully saturated rings. The third-order valence-electron chi connectivity index (χ3n) is 3.74. The Hall–Kier alpha value is -0.120. The molecular formula is C17H39N3. The molecule has 0 spiro atoms.